The summed E-state index contributed by atoms with van der Waals surface area (Å²) in [5.74, 6) is 0.381. The first-order valence-electron chi connectivity index (χ1n) is 5.41. The van der Waals surface area contributed by atoms with Gasteiger partial charge >= 0.3 is 0 Å². The smallest absolute Gasteiger partial charge is 0.119 e. The zero-order valence-corrected chi connectivity index (χ0v) is 10.5. The Kier molecular flexibility index (Phi) is 3.32. The molecule has 0 spiro atoms. The van der Waals surface area contributed by atoms with Crippen molar-refractivity contribution in [2.75, 3.05) is 6.54 Å². The number of aromatic hydroxyl groups is 1. The highest BCUT2D eigenvalue weighted by Crippen LogP contribution is 2.32. The summed E-state index contributed by atoms with van der Waals surface area (Å²) >= 11 is 3.48. The molecule has 0 radical (unpaired) electrons. The van der Waals surface area contributed by atoms with Gasteiger partial charge in [-0.2, -0.15) is 0 Å². The third-order valence-corrected chi connectivity index (χ3v) is 3.88. The lowest BCUT2D eigenvalue weighted by atomic mass is 9.96. The maximum Gasteiger partial charge on any atom is 0.119 e. The molecule has 1 aromatic carbocycles. The van der Waals surface area contributed by atoms with Crippen LogP contribution in [0, 0.1) is 6.92 Å². The standard InChI is InChI=1S/C12H16BrNO/c1-8-10(13)6-9(7-12(8)15)11-4-2-3-5-14-11/h6-7,11,14-15H,2-5H2,1H3. The molecule has 1 unspecified atom stereocenters. The topological polar surface area (TPSA) is 32.3 Å². The van der Waals surface area contributed by atoms with E-state index in [0.29, 0.717) is 11.8 Å². The van der Waals surface area contributed by atoms with Crippen molar-refractivity contribution in [1.29, 1.82) is 0 Å². The van der Waals surface area contributed by atoms with E-state index >= 15 is 0 Å². The first kappa shape index (κ1) is 11.0. The van der Waals surface area contributed by atoms with E-state index in [2.05, 4.69) is 27.3 Å². The lowest BCUT2D eigenvalue weighted by Crippen LogP contribution is -2.26. The molecule has 15 heavy (non-hydrogen) atoms. The Labute approximate surface area is 98.8 Å². The van der Waals surface area contributed by atoms with Crippen LogP contribution in [0.5, 0.6) is 5.75 Å². The summed E-state index contributed by atoms with van der Waals surface area (Å²) in [6.07, 6.45) is 3.69. The highest BCUT2D eigenvalue weighted by molar-refractivity contribution is 9.10. The molecule has 1 heterocycles. The average molecular weight is 270 g/mol. The van der Waals surface area contributed by atoms with E-state index in [-0.39, 0.29) is 0 Å². The number of nitrogens with one attached hydrogen (secondary N) is 1. The molecule has 1 saturated heterocycles. The molecule has 3 heteroatoms. The van der Waals surface area contributed by atoms with Crippen LogP contribution in [0.15, 0.2) is 16.6 Å². The quantitative estimate of drug-likeness (QED) is 0.820. The van der Waals surface area contributed by atoms with Crippen molar-refractivity contribution in [2.45, 2.75) is 32.2 Å². The summed E-state index contributed by atoms with van der Waals surface area (Å²) < 4.78 is 0.991. The van der Waals surface area contributed by atoms with Crippen LogP contribution in [0.3, 0.4) is 0 Å². The summed E-state index contributed by atoms with van der Waals surface area (Å²) in [6, 6.07) is 4.39. The van der Waals surface area contributed by atoms with Gasteiger partial charge in [0.1, 0.15) is 5.75 Å². The zero-order valence-electron chi connectivity index (χ0n) is 8.89. The first-order chi connectivity index (χ1) is 7.18. The number of rotatable bonds is 1. The summed E-state index contributed by atoms with van der Waals surface area (Å²) in [6.45, 7) is 2.99. The minimum Gasteiger partial charge on any atom is -0.508 e. The molecule has 2 rings (SSSR count). The fraction of sp³-hybridized carbons (Fsp3) is 0.500. The summed E-state index contributed by atoms with van der Waals surface area (Å²) in [5, 5.41) is 13.2. The molecular formula is C12H16BrNO. The van der Waals surface area contributed by atoms with Gasteiger partial charge in [0.2, 0.25) is 0 Å². The van der Waals surface area contributed by atoms with Crippen LogP contribution in [-0.4, -0.2) is 11.7 Å². The third-order valence-electron chi connectivity index (χ3n) is 3.05. The number of phenolic OH excluding ortho intramolecular Hbond substituents is 1. The predicted octanol–water partition coefficient (Wildman–Crippen LogP) is 3.28. The van der Waals surface area contributed by atoms with Gasteiger partial charge in [0, 0.05) is 16.1 Å². The third kappa shape index (κ3) is 2.34. The summed E-state index contributed by atoms with van der Waals surface area (Å²) in [4.78, 5) is 0. The molecule has 2 nitrogen and oxygen atoms in total. The van der Waals surface area contributed by atoms with Crippen molar-refractivity contribution < 1.29 is 5.11 Å². The van der Waals surface area contributed by atoms with Gasteiger partial charge in [-0.1, -0.05) is 22.4 Å². The van der Waals surface area contributed by atoms with Gasteiger partial charge in [0.05, 0.1) is 0 Å². The van der Waals surface area contributed by atoms with E-state index in [1.807, 2.05) is 13.0 Å². The molecule has 0 aromatic heterocycles. The molecule has 1 atom stereocenters. The Balaban J connectivity index is 2.27. The Bertz CT molecular complexity index is 336. The summed E-state index contributed by atoms with van der Waals surface area (Å²) in [5.41, 5.74) is 2.10. The molecule has 1 fully saturated rings. The monoisotopic (exact) mass is 269 g/mol. The van der Waals surface area contributed by atoms with E-state index < -0.39 is 0 Å². The maximum absolute atomic E-state index is 9.75. The van der Waals surface area contributed by atoms with Crippen molar-refractivity contribution in [1.82, 2.24) is 5.32 Å². The van der Waals surface area contributed by atoms with Crippen LogP contribution >= 0.6 is 15.9 Å². The number of phenols is 1. The Morgan fingerprint density at radius 1 is 1.40 bits per heavy atom. The van der Waals surface area contributed by atoms with E-state index in [9.17, 15) is 5.11 Å². The number of hydrogen-bond acceptors (Lipinski definition) is 2. The molecule has 1 aliphatic rings. The van der Waals surface area contributed by atoms with E-state index in [4.69, 9.17) is 0 Å². The second-order valence-electron chi connectivity index (χ2n) is 4.15. The normalized spacial score (nSPS) is 21.6. The molecule has 2 N–H and O–H groups in total. The SMILES string of the molecule is Cc1c(O)cc(C2CCCCN2)cc1Br. The highest BCUT2D eigenvalue weighted by Gasteiger charge is 2.16. The van der Waals surface area contributed by atoms with Gasteiger partial charge in [-0.25, -0.2) is 0 Å². The van der Waals surface area contributed by atoms with Gasteiger partial charge in [-0.15, -0.1) is 0 Å². The average Bonchev–Trinajstić information content (AvgIpc) is 2.26. The second-order valence-corrected chi connectivity index (χ2v) is 5.00. The minimum atomic E-state index is 0.381. The van der Waals surface area contributed by atoms with Crippen LogP contribution in [0.1, 0.15) is 36.4 Å². The van der Waals surface area contributed by atoms with E-state index in [1.165, 1.54) is 18.4 Å². The number of halogens is 1. The fourth-order valence-electron chi connectivity index (χ4n) is 2.02. The maximum atomic E-state index is 9.75. The van der Waals surface area contributed by atoms with Crippen LogP contribution in [0.25, 0.3) is 0 Å². The molecule has 0 bridgehead atoms. The van der Waals surface area contributed by atoms with Crippen LogP contribution < -0.4 is 5.32 Å². The molecule has 1 aliphatic heterocycles. The Morgan fingerprint density at radius 2 is 2.20 bits per heavy atom. The lowest BCUT2D eigenvalue weighted by Gasteiger charge is -2.24. The summed E-state index contributed by atoms with van der Waals surface area (Å²) in [7, 11) is 0. The molecule has 0 amide bonds. The second kappa shape index (κ2) is 4.54. The lowest BCUT2D eigenvalue weighted by molar-refractivity contribution is 0.408. The van der Waals surface area contributed by atoms with Gasteiger partial charge in [0.25, 0.3) is 0 Å². The molecule has 1 aromatic rings. The molecular weight excluding hydrogens is 254 g/mol. The van der Waals surface area contributed by atoms with Crippen molar-refractivity contribution in [3.05, 3.63) is 27.7 Å². The van der Waals surface area contributed by atoms with Crippen LogP contribution in [0.2, 0.25) is 0 Å². The number of hydrogen-bond donors (Lipinski definition) is 2. The minimum absolute atomic E-state index is 0.381. The molecule has 0 aliphatic carbocycles. The Morgan fingerprint density at radius 3 is 2.80 bits per heavy atom. The van der Waals surface area contributed by atoms with Crippen LogP contribution in [0.4, 0.5) is 0 Å². The number of benzene rings is 1. The predicted molar refractivity (Wildman–Crippen MR) is 65.1 cm³/mol. The fourth-order valence-corrected chi connectivity index (χ4v) is 2.49. The van der Waals surface area contributed by atoms with E-state index in [0.717, 1.165) is 23.0 Å². The largest absolute Gasteiger partial charge is 0.508 e. The van der Waals surface area contributed by atoms with Crippen molar-refractivity contribution >= 4 is 15.9 Å². The van der Waals surface area contributed by atoms with Crippen LogP contribution in [-0.2, 0) is 0 Å². The van der Waals surface area contributed by atoms with E-state index in [1.54, 1.807) is 0 Å². The Hall–Kier alpha value is -0.540. The first-order valence-corrected chi connectivity index (χ1v) is 6.20. The highest BCUT2D eigenvalue weighted by atomic mass is 79.9. The van der Waals surface area contributed by atoms with Crippen molar-refractivity contribution in [3.8, 4) is 5.75 Å². The zero-order chi connectivity index (χ0) is 10.8. The van der Waals surface area contributed by atoms with Gasteiger partial charge in [-0.3, -0.25) is 0 Å². The van der Waals surface area contributed by atoms with Gasteiger partial charge < -0.3 is 10.4 Å². The van der Waals surface area contributed by atoms with Gasteiger partial charge in [-0.05, 0) is 44.0 Å². The number of piperidine rings is 1. The van der Waals surface area contributed by atoms with Crippen molar-refractivity contribution in [3.63, 3.8) is 0 Å². The molecule has 82 valence electrons. The van der Waals surface area contributed by atoms with Crippen molar-refractivity contribution in [2.24, 2.45) is 0 Å². The molecule has 0 saturated carbocycles. The van der Waals surface area contributed by atoms with Gasteiger partial charge in [0.15, 0.2) is 0 Å².